The van der Waals surface area contributed by atoms with E-state index in [2.05, 4.69) is 21.2 Å². The minimum absolute atomic E-state index is 0.0236. The molecule has 190 valence electrons. The van der Waals surface area contributed by atoms with Gasteiger partial charge in [0.25, 0.3) is 0 Å². The Balaban J connectivity index is 1.86. The SMILES string of the molecule is CCC(C)NC(=O)C(Cc1ccccc1)N(Cc1ccccc1F)C(=O)CSCc1ccc(Br)cc1. The molecule has 0 bridgehead atoms. The molecule has 36 heavy (non-hydrogen) atoms. The molecule has 3 aromatic rings. The number of hydrogen-bond acceptors (Lipinski definition) is 3. The van der Waals surface area contributed by atoms with E-state index in [1.165, 1.54) is 22.7 Å². The Hall–Kier alpha value is -2.64. The molecule has 0 radical (unpaired) electrons. The van der Waals surface area contributed by atoms with Crippen molar-refractivity contribution in [3.8, 4) is 0 Å². The topological polar surface area (TPSA) is 49.4 Å². The fourth-order valence-electron chi connectivity index (χ4n) is 3.72. The summed E-state index contributed by atoms with van der Waals surface area (Å²) >= 11 is 4.92. The van der Waals surface area contributed by atoms with Gasteiger partial charge < -0.3 is 10.2 Å². The minimum Gasteiger partial charge on any atom is -0.352 e. The molecule has 0 aliphatic rings. The minimum atomic E-state index is -0.762. The van der Waals surface area contributed by atoms with Crippen LogP contribution in [0.1, 0.15) is 37.0 Å². The molecule has 2 atom stereocenters. The lowest BCUT2D eigenvalue weighted by Crippen LogP contribution is -2.52. The molecule has 1 N–H and O–H groups in total. The Bertz CT molecular complexity index is 1130. The zero-order valence-corrected chi connectivity index (χ0v) is 23.0. The van der Waals surface area contributed by atoms with Gasteiger partial charge in [-0.15, -0.1) is 11.8 Å². The molecule has 7 heteroatoms. The second-order valence-electron chi connectivity index (χ2n) is 8.76. The molecule has 3 aromatic carbocycles. The summed E-state index contributed by atoms with van der Waals surface area (Å²) in [5.41, 5.74) is 2.43. The maximum atomic E-state index is 14.6. The Kier molecular flexibility index (Phi) is 11.0. The van der Waals surface area contributed by atoms with E-state index < -0.39 is 11.9 Å². The number of carbonyl (C=O) groups is 2. The van der Waals surface area contributed by atoms with Crippen LogP contribution in [0.2, 0.25) is 0 Å². The van der Waals surface area contributed by atoms with Crippen LogP contribution in [0.15, 0.2) is 83.3 Å². The number of carbonyl (C=O) groups excluding carboxylic acids is 2. The molecule has 0 aliphatic carbocycles. The maximum Gasteiger partial charge on any atom is 0.243 e. The molecule has 0 aromatic heterocycles. The van der Waals surface area contributed by atoms with Crippen molar-refractivity contribution in [2.45, 2.75) is 51.1 Å². The molecule has 4 nitrogen and oxygen atoms in total. The third-order valence-corrected chi connectivity index (χ3v) is 7.50. The van der Waals surface area contributed by atoms with E-state index in [0.717, 1.165) is 22.0 Å². The Morgan fingerprint density at radius 3 is 2.31 bits per heavy atom. The monoisotopic (exact) mass is 570 g/mol. The third-order valence-electron chi connectivity index (χ3n) is 5.98. The first-order valence-electron chi connectivity index (χ1n) is 12.1. The molecule has 2 amide bonds. The van der Waals surface area contributed by atoms with Crippen LogP contribution in [0.5, 0.6) is 0 Å². The molecule has 3 rings (SSSR count). The molecular formula is C29H32BrFN2O2S. The molecule has 0 fully saturated rings. The lowest BCUT2D eigenvalue weighted by molar-refractivity contribution is -0.139. The normalized spacial score (nSPS) is 12.6. The lowest BCUT2D eigenvalue weighted by atomic mass is 10.0. The standard InChI is InChI=1S/C29H32BrFN2O2S/c1-3-21(2)32-29(35)27(17-22-9-5-4-6-10-22)33(18-24-11-7-8-12-26(24)31)28(34)20-36-19-23-13-15-25(30)16-14-23/h4-16,21,27H,3,17-20H2,1-2H3,(H,32,35). The first-order valence-corrected chi connectivity index (χ1v) is 14.0. The highest BCUT2D eigenvalue weighted by molar-refractivity contribution is 9.10. The van der Waals surface area contributed by atoms with Crippen LogP contribution in [0.4, 0.5) is 4.39 Å². The van der Waals surface area contributed by atoms with E-state index in [-0.39, 0.29) is 30.2 Å². The van der Waals surface area contributed by atoms with Gasteiger partial charge >= 0.3 is 0 Å². The van der Waals surface area contributed by atoms with Crippen molar-refractivity contribution in [2.24, 2.45) is 0 Å². The summed E-state index contributed by atoms with van der Waals surface area (Å²) in [4.78, 5) is 28.6. The van der Waals surface area contributed by atoms with Crippen LogP contribution in [0.3, 0.4) is 0 Å². The zero-order valence-electron chi connectivity index (χ0n) is 20.6. The average molecular weight is 572 g/mol. The van der Waals surface area contributed by atoms with Crippen LogP contribution in [-0.4, -0.2) is 34.6 Å². The van der Waals surface area contributed by atoms with E-state index in [9.17, 15) is 14.0 Å². The van der Waals surface area contributed by atoms with Crippen molar-refractivity contribution in [1.82, 2.24) is 10.2 Å². The number of amides is 2. The molecular weight excluding hydrogens is 539 g/mol. The maximum absolute atomic E-state index is 14.6. The fraction of sp³-hybridized carbons (Fsp3) is 0.310. The predicted molar refractivity (Wildman–Crippen MR) is 149 cm³/mol. The van der Waals surface area contributed by atoms with Crippen LogP contribution in [-0.2, 0) is 28.3 Å². The predicted octanol–water partition coefficient (Wildman–Crippen LogP) is 6.38. The second-order valence-corrected chi connectivity index (χ2v) is 10.7. The van der Waals surface area contributed by atoms with E-state index in [1.807, 2.05) is 68.4 Å². The first kappa shape index (κ1) is 27.9. The lowest BCUT2D eigenvalue weighted by Gasteiger charge is -2.32. The van der Waals surface area contributed by atoms with Crippen LogP contribution in [0, 0.1) is 5.82 Å². The fourth-order valence-corrected chi connectivity index (χ4v) is 4.86. The number of hydrogen-bond donors (Lipinski definition) is 1. The number of nitrogens with zero attached hydrogens (tertiary/aromatic N) is 1. The molecule has 0 saturated heterocycles. The van der Waals surface area contributed by atoms with E-state index >= 15 is 0 Å². The van der Waals surface area contributed by atoms with Gasteiger partial charge in [-0.3, -0.25) is 9.59 Å². The van der Waals surface area contributed by atoms with Gasteiger partial charge in [0.05, 0.1) is 5.75 Å². The second kappa shape index (κ2) is 14.2. The number of nitrogens with one attached hydrogen (secondary N) is 1. The van der Waals surface area contributed by atoms with Crippen molar-refractivity contribution in [3.63, 3.8) is 0 Å². The first-order chi connectivity index (χ1) is 17.4. The summed E-state index contributed by atoms with van der Waals surface area (Å²) in [6.45, 7) is 3.96. The van der Waals surface area contributed by atoms with E-state index in [4.69, 9.17) is 0 Å². The number of rotatable bonds is 12. The number of halogens is 2. The highest BCUT2D eigenvalue weighted by atomic mass is 79.9. The zero-order chi connectivity index (χ0) is 25.9. The van der Waals surface area contributed by atoms with Gasteiger partial charge in [-0.2, -0.15) is 0 Å². The van der Waals surface area contributed by atoms with Crippen molar-refractivity contribution >= 4 is 39.5 Å². The van der Waals surface area contributed by atoms with Gasteiger partial charge in [0.15, 0.2) is 0 Å². The van der Waals surface area contributed by atoms with Gasteiger partial charge in [0.2, 0.25) is 11.8 Å². The van der Waals surface area contributed by atoms with Crippen molar-refractivity contribution in [2.75, 3.05) is 5.75 Å². The Labute approximate surface area is 225 Å². The van der Waals surface area contributed by atoms with E-state index in [1.54, 1.807) is 18.2 Å². The van der Waals surface area contributed by atoms with Crippen LogP contribution < -0.4 is 5.32 Å². The molecule has 0 aliphatic heterocycles. The highest BCUT2D eigenvalue weighted by Gasteiger charge is 2.31. The summed E-state index contributed by atoms with van der Waals surface area (Å²) in [5, 5.41) is 3.04. The molecule has 0 spiro atoms. The van der Waals surface area contributed by atoms with Crippen molar-refractivity contribution in [1.29, 1.82) is 0 Å². The van der Waals surface area contributed by atoms with Gasteiger partial charge in [0, 0.05) is 34.8 Å². The van der Waals surface area contributed by atoms with Gasteiger partial charge in [-0.25, -0.2) is 4.39 Å². The Morgan fingerprint density at radius 2 is 1.64 bits per heavy atom. The van der Waals surface area contributed by atoms with Crippen LogP contribution >= 0.6 is 27.7 Å². The third kappa shape index (κ3) is 8.49. The highest BCUT2D eigenvalue weighted by Crippen LogP contribution is 2.20. The average Bonchev–Trinajstić information content (AvgIpc) is 2.88. The smallest absolute Gasteiger partial charge is 0.243 e. The van der Waals surface area contributed by atoms with Gasteiger partial charge in [-0.05, 0) is 42.7 Å². The van der Waals surface area contributed by atoms with Gasteiger partial charge in [0.1, 0.15) is 11.9 Å². The molecule has 2 unspecified atom stereocenters. The summed E-state index contributed by atoms with van der Waals surface area (Å²) in [6.07, 6.45) is 1.12. The summed E-state index contributed by atoms with van der Waals surface area (Å²) in [5.74, 6) is 0.0384. The van der Waals surface area contributed by atoms with Crippen molar-refractivity contribution < 1.29 is 14.0 Å². The van der Waals surface area contributed by atoms with Crippen molar-refractivity contribution in [3.05, 3.63) is 106 Å². The van der Waals surface area contributed by atoms with Gasteiger partial charge in [-0.1, -0.05) is 83.5 Å². The largest absolute Gasteiger partial charge is 0.352 e. The Morgan fingerprint density at radius 1 is 0.972 bits per heavy atom. The number of benzene rings is 3. The molecule has 0 saturated carbocycles. The van der Waals surface area contributed by atoms with E-state index in [0.29, 0.717) is 17.7 Å². The quantitative estimate of drug-likeness (QED) is 0.275. The molecule has 0 heterocycles. The summed E-state index contributed by atoms with van der Waals surface area (Å²) < 4.78 is 15.6. The summed E-state index contributed by atoms with van der Waals surface area (Å²) in [6, 6.07) is 23.2. The van der Waals surface area contributed by atoms with Crippen LogP contribution in [0.25, 0.3) is 0 Å². The summed E-state index contributed by atoms with van der Waals surface area (Å²) in [7, 11) is 0. The number of thioether (sulfide) groups is 1.